The highest BCUT2D eigenvalue weighted by atomic mass is 32.2. The zero-order valence-electron chi connectivity index (χ0n) is 11.8. The first-order chi connectivity index (χ1) is 8.99. The first-order valence-corrected chi connectivity index (χ1v) is 8.17. The minimum atomic E-state index is -3.44. The van der Waals surface area contributed by atoms with Gasteiger partial charge in [0.05, 0.1) is 0 Å². The molecule has 108 valence electrons. The van der Waals surface area contributed by atoms with Gasteiger partial charge in [0, 0.05) is 19.3 Å². The van der Waals surface area contributed by atoms with Crippen molar-refractivity contribution >= 4 is 15.8 Å². The third-order valence-corrected chi connectivity index (χ3v) is 4.33. The molecule has 0 aliphatic rings. The van der Waals surface area contributed by atoms with E-state index in [0.29, 0.717) is 18.3 Å². The maximum Gasteiger partial charge on any atom is 0.242 e. The lowest BCUT2D eigenvalue weighted by molar-refractivity contribution is 0.528. The number of pyridine rings is 1. The molecule has 1 aromatic heterocycles. The standard InChI is InChI=1S/C13H23N3O2S/c1-4-8-14-13-7-6-12(10-15-13)19(17,18)16-9-11(3)5-2/h6-7,10-11,16H,4-5,8-9H2,1-3H3,(H,14,15). The number of hydrogen-bond donors (Lipinski definition) is 2. The van der Waals surface area contributed by atoms with Crippen LogP contribution in [0.15, 0.2) is 23.2 Å². The van der Waals surface area contributed by atoms with Crippen molar-refractivity contribution < 1.29 is 8.42 Å². The summed E-state index contributed by atoms with van der Waals surface area (Å²) in [6.07, 6.45) is 3.33. The number of rotatable bonds is 8. The van der Waals surface area contributed by atoms with Crippen molar-refractivity contribution in [1.29, 1.82) is 0 Å². The van der Waals surface area contributed by atoms with Crippen LogP contribution in [0.1, 0.15) is 33.6 Å². The molecule has 1 atom stereocenters. The van der Waals surface area contributed by atoms with Crippen LogP contribution in [0.2, 0.25) is 0 Å². The number of nitrogens with zero attached hydrogens (tertiary/aromatic N) is 1. The second-order valence-electron chi connectivity index (χ2n) is 4.67. The summed E-state index contributed by atoms with van der Waals surface area (Å²) in [6.45, 7) is 7.39. The predicted octanol–water partition coefficient (Wildman–Crippen LogP) is 2.23. The molecule has 1 aromatic rings. The Labute approximate surface area is 115 Å². The highest BCUT2D eigenvalue weighted by molar-refractivity contribution is 7.89. The van der Waals surface area contributed by atoms with Gasteiger partial charge in [-0.3, -0.25) is 0 Å². The Kier molecular flexibility index (Phi) is 6.24. The van der Waals surface area contributed by atoms with Crippen molar-refractivity contribution in [2.75, 3.05) is 18.4 Å². The van der Waals surface area contributed by atoms with E-state index < -0.39 is 10.0 Å². The molecule has 2 N–H and O–H groups in total. The van der Waals surface area contributed by atoms with Crippen LogP contribution in [-0.2, 0) is 10.0 Å². The maximum absolute atomic E-state index is 12.0. The highest BCUT2D eigenvalue weighted by Gasteiger charge is 2.15. The molecule has 0 saturated carbocycles. The lowest BCUT2D eigenvalue weighted by atomic mass is 10.1. The Bertz CT molecular complexity index is 471. The normalized spacial score (nSPS) is 13.2. The lowest BCUT2D eigenvalue weighted by Gasteiger charge is -2.11. The van der Waals surface area contributed by atoms with Crippen molar-refractivity contribution in [2.45, 2.75) is 38.5 Å². The third-order valence-electron chi connectivity index (χ3n) is 2.92. The van der Waals surface area contributed by atoms with Gasteiger partial charge in [-0.2, -0.15) is 0 Å². The van der Waals surface area contributed by atoms with Gasteiger partial charge in [0.2, 0.25) is 10.0 Å². The fraction of sp³-hybridized carbons (Fsp3) is 0.615. The predicted molar refractivity (Wildman–Crippen MR) is 77.7 cm³/mol. The summed E-state index contributed by atoms with van der Waals surface area (Å²) in [5.41, 5.74) is 0. The summed E-state index contributed by atoms with van der Waals surface area (Å²) in [5, 5.41) is 3.11. The van der Waals surface area contributed by atoms with Crippen LogP contribution < -0.4 is 10.0 Å². The topological polar surface area (TPSA) is 71.1 Å². The first kappa shape index (κ1) is 15.9. The molecule has 0 aromatic carbocycles. The van der Waals surface area contributed by atoms with Crippen LogP contribution in [-0.4, -0.2) is 26.5 Å². The molecule has 1 unspecified atom stereocenters. The van der Waals surface area contributed by atoms with Crippen LogP contribution in [0.4, 0.5) is 5.82 Å². The highest BCUT2D eigenvalue weighted by Crippen LogP contribution is 2.11. The van der Waals surface area contributed by atoms with Gasteiger partial charge < -0.3 is 5.32 Å². The molecule has 6 heteroatoms. The number of nitrogens with one attached hydrogen (secondary N) is 2. The minimum absolute atomic E-state index is 0.206. The molecular weight excluding hydrogens is 262 g/mol. The van der Waals surface area contributed by atoms with E-state index in [2.05, 4.69) is 21.9 Å². The van der Waals surface area contributed by atoms with Crippen LogP contribution in [0.3, 0.4) is 0 Å². The van der Waals surface area contributed by atoms with E-state index in [1.807, 2.05) is 13.8 Å². The summed E-state index contributed by atoms with van der Waals surface area (Å²) >= 11 is 0. The van der Waals surface area contributed by atoms with E-state index in [1.165, 1.54) is 6.20 Å². The maximum atomic E-state index is 12.0. The van der Waals surface area contributed by atoms with Crippen molar-refractivity contribution in [3.05, 3.63) is 18.3 Å². The van der Waals surface area contributed by atoms with E-state index in [0.717, 1.165) is 19.4 Å². The third kappa shape index (κ3) is 5.16. The number of aromatic nitrogens is 1. The van der Waals surface area contributed by atoms with Gasteiger partial charge in [-0.25, -0.2) is 18.1 Å². The van der Waals surface area contributed by atoms with Crippen LogP contribution in [0, 0.1) is 5.92 Å². The van der Waals surface area contributed by atoms with E-state index in [-0.39, 0.29) is 4.90 Å². The summed E-state index contributed by atoms with van der Waals surface area (Å²) in [5.74, 6) is 1.02. The SMILES string of the molecule is CCCNc1ccc(S(=O)(=O)NCC(C)CC)cn1. The average molecular weight is 285 g/mol. The summed E-state index contributed by atoms with van der Waals surface area (Å²) in [7, 11) is -3.44. The molecule has 0 amide bonds. The number of hydrogen-bond acceptors (Lipinski definition) is 4. The number of anilines is 1. The molecule has 0 aliphatic heterocycles. The zero-order valence-corrected chi connectivity index (χ0v) is 12.6. The monoisotopic (exact) mass is 285 g/mol. The van der Waals surface area contributed by atoms with Gasteiger partial charge in [0.25, 0.3) is 0 Å². The van der Waals surface area contributed by atoms with Crippen molar-refractivity contribution in [2.24, 2.45) is 5.92 Å². The minimum Gasteiger partial charge on any atom is -0.370 e. The summed E-state index contributed by atoms with van der Waals surface area (Å²) < 4.78 is 26.6. The average Bonchev–Trinajstić information content (AvgIpc) is 2.43. The summed E-state index contributed by atoms with van der Waals surface area (Å²) in [4.78, 5) is 4.31. The Balaban J connectivity index is 2.68. The number of sulfonamides is 1. The van der Waals surface area contributed by atoms with Gasteiger partial charge in [0.1, 0.15) is 10.7 Å². The molecule has 19 heavy (non-hydrogen) atoms. The van der Waals surface area contributed by atoms with Crippen molar-refractivity contribution in [3.63, 3.8) is 0 Å². The molecule has 0 saturated heterocycles. The quantitative estimate of drug-likeness (QED) is 0.768. The lowest BCUT2D eigenvalue weighted by Crippen LogP contribution is -2.28. The van der Waals surface area contributed by atoms with Gasteiger partial charge in [-0.15, -0.1) is 0 Å². The largest absolute Gasteiger partial charge is 0.370 e. The van der Waals surface area contributed by atoms with Gasteiger partial charge >= 0.3 is 0 Å². The fourth-order valence-electron chi connectivity index (χ4n) is 1.38. The second kappa shape index (κ2) is 7.45. The zero-order chi connectivity index (χ0) is 14.3. The Hall–Kier alpha value is -1.14. The molecule has 5 nitrogen and oxygen atoms in total. The molecule has 0 bridgehead atoms. The van der Waals surface area contributed by atoms with Crippen molar-refractivity contribution in [3.8, 4) is 0 Å². The second-order valence-corrected chi connectivity index (χ2v) is 6.44. The van der Waals surface area contributed by atoms with E-state index in [4.69, 9.17) is 0 Å². The van der Waals surface area contributed by atoms with Crippen LogP contribution in [0.25, 0.3) is 0 Å². The smallest absolute Gasteiger partial charge is 0.242 e. The summed E-state index contributed by atoms with van der Waals surface area (Å²) in [6, 6.07) is 3.26. The van der Waals surface area contributed by atoms with E-state index >= 15 is 0 Å². The molecule has 0 spiro atoms. The Morgan fingerprint density at radius 2 is 2.05 bits per heavy atom. The molecule has 0 radical (unpaired) electrons. The molecule has 0 aliphatic carbocycles. The molecule has 1 heterocycles. The van der Waals surface area contributed by atoms with Gasteiger partial charge in [-0.05, 0) is 24.5 Å². The van der Waals surface area contributed by atoms with Gasteiger partial charge in [-0.1, -0.05) is 27.2 Å². The van der Waals surface area contributed by atoms with Crippen molar-refractivity contribution in [1.82, 2.24) is 9.71 Å². The van der Waals surface area contributed by atoms with E-state index in [9.17, 15) is 8.42 Å². The van der Waals surface area contributed by atoms with Crippen LogP contribution in [0.5, 0.6) is 0 Å². The Morgan fingerprint density at radius 3 is 2.58 bits per heavy atom. The Morgan fingerprint density at radius 1 is 1.32 bits per heavy atom. The van der Waals surface area contributed by atoms with E-state index in [1.54, 1.807) is 12.1 Å². The van der Waals surface area contributed by atoms with Crippen LogP contribution >= 0.6 is 0 Å². The molecular formula is C13H23N3O2S. The molecule has 0 fully saturated rings. The molecule has 1 rings (SSSR count). The van der Waals surface area contributed by atoms with Gasteiger partial charge in [0.15, 0.2) is 0 Å². The fourth-order valence-corrected chi connectivity index (χ4v) is 2.49. The first-order valence-electron chi connectivity index (χ1n) is 6.69.